The molecule has 202 valence electrons. The highest BCUT2D eigenvalue weighted by Crippen LogP contribution is 2.28. The minimum Gasteiger partial charge on any atom is -0.493 e. The molecule has 2 amide bonds. The van der Waals surface area contributed by atoms with Gasteiger partial charge in [0.1, 0.15) is 5.70 Å². The van der Waals surface area contributed by atoms with E-state index in [1.165, 1.54) is 26.0 Å². The lowest BCUT2D eigenvalue weighted by atomic mass is 10.1. The number of ketones is 1. The smallest absolute Gasteiger partial charge is 0.272 e. The summed E-state index contributed by atoms with van der Waals surface area (Å²) in [7, 11) is 3.06. The fraction of sp³-hybridized carbons (Fsp3) is 0.0938. The van der Waals surface area contributed by atoms with E-state index in [1.54, 1.807) is 78.9 Å². The Balaban J connectivity index is 1.54. The van der Waals surface area contributed by atoms with Crippen LogP contribution in [-0.2, 0) is 4.79 Å². The molecule has 0 bridgehead atoms. The normalized spacial score (nSPS) is 10.9. The van der Waals surface area contributed by atoms with Gasteiger partial charge in [0, 0.05) is 21.7 Å². The monoisotopic (exact) mass is 552 g/mol. The molecule has 4 aromatic carbocycles. The fourth-order valence-corrected chi connectivity index (χ4v) is 4.62. The summed E-state index contributed by atoms with van der Waals surface area (Å²) in [5, 5.41) is 5.58. The van der Waals surface area contributed by atoms with Crippen LogP contribution in [0.3, 0.4) is 0 Å². The summed E-state index contributed by atoms with van der Waals surface area (Å²) in [6.45, 7) is 0. The first-order valence-electron chi connectivity index (χ1n) is 12.4. The highest BCUT2D eigenvalue weighted by Gasteiger charge is 2.16. The number of rotatable bonds is 11. The fourth-order valence-electron chi connectivity index (χ4n) is 3.77. The van der Waals surface area contributed by atoms with Crippen LogP contribution in [0.2, 0.25) is 0 Å². The third-order valence-corrected chi connectivity index (χ3v) is 6.80. The maximum atomic E-state index is 13.4. The van der Waals surface area contributed by atoms with E-state index < -0.39 is 11.8 Å². The molecule has 0 aromatic heterocycles. The Morgan fingerprint density at radius 2 is 1.43 bits per heavy atom. The van der Waals surface area contributed by atoms with Gasteiger partial charge in [0.2, 0.25) is 0 Å². The first kappa shape index (κ1) is 28.2. The van der Waals surface area contributed by atoms with Crippen molar-refractivity contribution in [3.63, 3.8) is 0 Å². The molecular weight excluding hydrogens is 524 g/mol. The number of thioether (sulfide) groups is 1. The van der Waals surface area contributed by atoms with Gasteiger partial charge >= 0.3 is 0 Å². The van der Waals surface area contributed by atoms with E-state index in [2.05, 4.69) is 10.6 Å². The molecule has 0 fully saturated rings. The average molecular weight is 553 g/mol. The van der Waals surface area contributed by atoms with Crippen LogP contribution in [0.1, 0.15) is 26.3 Å². The number of amides is 2. The second-order valence-electron chi connectivity index (χ2n) is 8.55. The summed E-state index contributed by atoms with van der Waals surface area (Å²) < 4.78 is 10.7. The molecular formula is C32H28N2O5S. The molecule has 2 N–H and O–H groups in total. The standard InChI is InChI=1S/C32H28N2O5S/c1-38-29-17-16-22(19-30(29)39-2)18-27(34-31(36)24-12-7-4-8-13-24)32(37)33-25-14-9-15-26(20-25)40-21-28(35)23-10-5-3-6-11-23/h3-20H,21H2,1-2H3,(H,33,37)(H,34,36)/b27-18-. The van der Waals surface area contributed by atoms with Gasteiger partial charge in [-0.15, -0.1) is 11.8 Å². The number of carbonyl (C=O) groups is 3. The first-order chi connectivity index (χ1) is 19.5. The van der Waals surface area contributed by atoms with Gasteiger partial charge in [0.05, 0.1) is 20.0 Å². The number of anilines is 1. The topological polar surface area (TPSA) is 93.7 Å². The lowest BCUT2D eigenvalue weighted by molar-refractivity contribution is -0.113. The quantitative estimate of drug-likeness (QED) is 0.133. The summed E-state index contributed by atoms with van der Waals surface area (Å²) in [6.07, 6.45) is 1.56. The number of ether oxygens (including phenoxy) is 2. The molecule has 8 heteroatoms. The van der Waals surface area contributed by atoms with Crippen LogP contribution in [0, 0.1) is 0 Å². The molecule has 0 aliphatic carbocycles. The van der Waals surface area contributed by atoms with E-state index in [1.807, 2.05) is 30.3 Å². The summed E-state index contributed by atoms with van der Waals surface area (Å²) in [4.78, 5) is 39.7. The van der Waals surface area contributed by atoms with Crippen LogP contribution in [0.4, 0.5) is 5.69 Å². The van der Waals surface area contributed by atoms with Crippen molar-refractivity contribution < 1.29 is 23.9 Å². The average Bonchev–Trinajstić information content (AvgIpc) is 3.00. The largest absolute Gasteiger partial charge is 0.493 e. The van der Waals surface area contributed by atoms with Crippen LogP contribution < -0.4 is 20.1 Å². The predicted octanol–water partition coefficient (Wildman–Crippen LogP) is 6.09. The van der Waals surface area contributed by atoms with Crippen molar-refractivity contribution in [3.05, 3.63) is 126 Å². The van der Waals surface area contributed by atoms with Crippen molar-refractivity contribution in [3.8, 4) is 11.5 Å². The number of methoxy groups -OCH3 is 2. The number of nitrogens with one attached hydrogen (secondary N) is 2. The second kappa shape index (κ2) is 13.8. The highest BCUT2D eigenvalue weighted by atomic mass is 32.2. The Bertz CT molecular complexity index is 1520. The van der Waals surface area contributed by atoms with Gasteiger partial charge in [-0.3, -0.25) is 14.4 Å². The van der Waals surface area contributed by atoms with Crippen LogP contribution in [0.15, 0.2) is 114 Å². The molecule has 4 aromatic rings. The summed E-state index contributed by atoms with van der Waals surface area (Å²) in [5.74, 6) is 0.370. The van der Waals surface area contributed by atoms with E-state index in [4.69, 9.17) is 9.47 Å². The number of carbonyl (C=O) groups excluding carboxylic acids is 3. The molecule has 0 aliphatic rings. The van der Waals surface area contributed by atoms with Gasteiger partial charge in [-0.2, -0.15) is 0 Å². The number of hydrogen-bond donors (Lipinski definition) is 2. The Kier molecular flexibility index (Phi) is 9.74. The first-order valence-corrected chi connectivity index (χ1v) is 13.4. The van der Waals surface area contributed by atoms with Crippen LogP contribution in [-0.4, -0.2) is 37.6 Å². The van der Waals surface area contributed by atoms with E-state index in [9.17, 15) is 14.4 Å². The number of benzene rings is 4. The molecule has 0 atom stereocenters. The van der Waals surface area contributed by atoms with Crippen LogP contribution >= 0.6 is 11.8 Å². The Morgan fingerprint density at radius 3 is 2.10 bits per heavy atom. The van der Waals surface area contributed by atoms with Gasteiger partial charge in [0.25, 0.3) is 11.8 Å². The molecule has 0 aliphatic heterocycles. The zero-order chi connectivity index (χ0) is 28.3. The number of Topliss-reactive ketones (excluding diaryl/α,β-unsaturated/α-hetero) is 1. The van der Waals surface area contributed by atoms with E-state index in [0.717, 1.165) is 4.90 Å². The third-order valence-electron chi connectivity index (χ3n) is 5.81. The van der Waals surface area contributed by atoms with E-state index in [-0.39, 0.29) is 17.2 Å². The lowest BCUT2D eigenvalue weighted by Gasteiger charge is -2.13. The summed E-state index contributed by atoms with van der Waals surface area (Å²) >= 11 is 1.38. The molecule has 0 radical (unpaired) electrons. The predicted molar refractivity (Wildman–Crippen MR) is 158 cm³/mol. The van der Waals surface area contributed by atoms with Crippen molar-refractivity contribution in [2.45, 2.75) is 4.90 Å². The molecule has 0 unspecified atom stereocenters. The Morgan fingerprint density at radius 1 is 0.750 bits per heavy atom. The second-order valence-corrected chi connectivity index (χ2v) is 9.60. The zero-order valence-electron chi connectivity index (χ0n) is 22.0. The summed E-state index contributed by atoms with van der Waals surface area (Å²) in [6, 6.07) is 30.1. The highest BCUT2D eigenvalue weighted by molar-refractivity contribution is 8.00. The number of hydrogen-bond acceptors (Lipinski definition) is 6. The minimum atomic E-state index is -0.512. The van der Waals surface area contributed by atoms with Crippen LogP contribution in [0.25, 0.3) is 6.08 Å². The van der Waals surface area contributed by atoms with E-state index in [0.29, 0.717) is 33.9 Å². The molecule has 4 rings (SSSR count). The Hall–Kier alpha value is -4.82. The van der Waals surface area contributed by atoms with Crippen molar-refractivity contribution >= 4 is 41.1 Å². The molecule has 0 saturated carbocycles. The van der Waals surface area contributed by atoms with Gasteiger partial charge in [0.15, 0.2) is 17.3 Å². The molecule has 7 nitrogen and oxygen atoms in total. The lowest BCUT2D eigenvalue weighted by Crippen LogP contribution is -2.30. The summed E-state index contributed by atoms with van der Waals surface area (Å²) in [5.41, 5.74) is 2.25. The molecule has 0 heterocycles. The van der Waals surface area contributed by atoms with Crippen molar-refractivity contribution in [2.24, 2.45) is 0 Å². The molecule has 0 saturated heterocycles. The third kappa shape index (κ3) is 7.61. The molecule has 40 heavy (non-hydrogen) atoms. The van der Waals surface area contributed by atoms with Crippen molar-refractivity contribution in [2.75, 3.05) is 25.3 Å². The van der Waals surface area contributed by atoms with Gasteiger partial charge in [-0.1, -0.05) is 60.7 Å². The van der Waals surface area contributed by atoms with E-state index >= 15 is 0 Å². The SMILES string of the molecule is COc1ccc(/C=C(\NC(=O)c2ccccc2)C(=O)Nc2cccc(SCC(=O)c3ccccc3)c2)cc1OC. The van der Waals surface area contributed by atoms with Crippen molar-refractivity contribution in [1.29, 1.82) is 0 Å². The molecule has 0 spiro atoms. The van der Waals surface area contributed by atoms with Crippen LogP contribution in [0.5, 0.6) is 11.5 Å². The van der Waals surface area contributed by atoms with Gasteiger partial charge < -0.3 is 20.1 Å². The van der Waals surface area contributed by atoms with Crippen molar-refractivity contribution in [1.82, 2.24) is 5.32 Å². The maximum absolute atomic E-state index is 13.4. The maximum Gasteiger partial charge on any atom is 0.272 e. The Labute approximate surface area is 237 Å². The zero-order valence-corrected chi connectivity index (χ0v) is 22.9. The van der Waals surface area contributed by atoms with Gasteiger partial charge in [-0.25, -0.2) is 0 Å². The van der Waals surface area contributed by atoms with Gasteiger partial charge in [-0.05, 0) is 54.1 Å². The minimum absolute atomic E-state index is 0.0174.